The highest BCUT2D eigenvalue weighted by Gasteiger charge is 2.19. The Labute approximate surface area is 130 Å². The van der Waals surface area contributed by atoms with E-state index in [0.29, 0.717) is 6.04 Å². The Kier molecular flexibility index (Phi) is 5.36. The van der Waals surface area contributed by atoms with E-state index in [9.17, 15) is 0 Å². The molecule has 0 saturated heterocycles. The van der Waals surface area contributed by atoms with Crippen LogP contribution in [0, 0.1) is 0 Å². The van der Waals surface area contributed by atoms with Crippen LogP contribution in [0.15, 0.2) is 34.9 Å². The van der Waals surface area contributed by atoms with Gasteiger partial charge in [-0.1, -0.05) is 13.0 Å². The number of halogens is 2. The Hall–Kier alpha value is -0.700. The summed E-state index contributed by atoms with van der Waals surface area (Å²) in [6, 6.07) is 8.72. The zero-order chi connectivity index (χ0) is 14.6. The number of benzene rings is 1. The minimum Gasteiger partial charge on any atom is -0.464 e. The average molecular weight is 314 g/mol. The van der Waals surface area contributed by atoms with Gasteiger partial charge in [-0.25, -0.2) is 0 Å². The number of nitrogens with one attached hydrogen (secondary N) is 1. The van der Waals surface area contributed by atoms with E-state index in [1.807, 2.05) is 19.1 Å². The first-order valence-corrected chi connectivity index (χ1v) is 7.81. The number of furan rings is 1. The maximum absolute atomic E-state index is 6.07. The Balaban J connectivity index is 2.02. The van der Waals surface area contributed by atoms with E-state index < -0.39 is 4.33 Å². The SMILES string of the molecule is CCNC(CCC(C)(Cl)Cl)Cc1ccc2occc2c1. The molecule has 0 bridgehead atoms. The van der Waals surface area contributed by atoms with Crippen molar-refractivity contribution in [1.29, 1.82) is 0 Å². The van der Waals surface area contributed by atoms with E-state index in [1.165, 1.54) is 5.56 Å². The van der Waals surface area contributed by atoms with Crippen LogP contribution in [0.3, 0.4) is 0 Å². The monoisotopic (exact) mass is 313 g/mol. The smallest absolute Gasteiger partial charge is 0.133 e. The summed E-state index contributed by atoms with van der Waals surface area (Å²) < 4.78 is 4.72. The molecule has 0 saturated carbocycles. The topological polar surface area (TPSA) is 25.2 Å². The van der Waals surface area contributed by atoms with Gasteiger partial charge in [-0.3, -0.25) is 0 Å². The Morgan fingerprint density at radius 3 is 2.80 bits per heavy atom. The van der Waals surface area contributed by atoms with Crippen LogP contribution in [-0.4, -0.2) is 16.9 Å². The lowest BCUT2D eigenvalue weighted by atomic mass is 10.00. The van der Waals surface area contributed by atoms with Crippen LogP contribution in [0.4, 0.5) is 0 Å². The predicted octanol–water partition coefficient (Wildman–Crippen LogP) is 4.93. The Morgan fingerprint density at radius 1 is 1.30 bits per heavy atom. The molecular weight excluding hydrogens is 293 g/mol. The fraction of sp³-hybridized carbons (Fsp3) is 0.500. The highest BCUT2D eigenvalue weighted by Crippen LogP contribution is 2.27. The molecule has 0 aliphatic heterocycles. The normalized spacial score (nSPS) is 13.8. The summed E-state index contributed by atoms with van der Waals surface area (Å²) in [5.74, 6) is 0. The Bertz CT molecular complexity index is 545. The second-order valence-corrected chi connectivity index (χ2v) is 7.22. The molecule has 2 rings (SSSR count). The van der Waals surface area contributed by atoms with Crippen molar-refractivity contribution in [1.82, 2.24) is 5.32 Å². The molecule has 110 valence electrons. The lowest BCUT2D eigenvalue weighted by Gasteiger charge is -2.21. The van der Waals surface area contributed by atoms with Crippen molar-refractivity contribution in [3.63, 3.8) is 0 Å². The van der Waals surface area contributed by atoms with Crippen LogP contribution in [-0.2, 0) is 6.42 Å². The van der Waals surface area contributed by atoms with Gasteiger partial charge in [0.1, 0.15) is 9.92 Å². The molecule has 0 spiro atoms. The summed E-state index contributed by atoms with van der Waals surface area (Å²) in [7, 11) is 0. The lowest BCUT2D eigenvalue weighted by Crippen LogP contribution is -2.32. The number of hydrogen-bond donors (Lipinski definition) is 1. The van der Waals surface area contributed by atoms with Gasteiger partial charge in [0.2, 0.25) is 0 Å². The molecule has 20 heavy (non-hydrogen) atoms. The second kappa shape index (κ2) is 6.84. The van der Waals surface area contributed by atoms with E-state index in [4.69, 9.17) is 27.6 Å². The average Bonchev–Trinajstić information content (AvgIpc) is 2.82. The number of hydrogen-bond acceptors (Lipinski definition) is 2. The molecule has 0 radical (unpaired) electrons. The minimum absolute atomic E-state index is 0.390. The summed E-state index contributed by atoms with van der Waals surface area (Å²) >= 11 is 12.1. The van der Waals surface area contributed by atoms with Crippen molar-refractivity contribution in [3.05, 3.63) is 36.1 Å². The molecular formula is C16H21Cl2NO. The molecule has 1 unspecified atom stereocenters. The van der Waals surface area contributed by atoms with Crippen LogP contribution >= 0.6 is 23.2 Å². The largest absolute Gasteiger partial charge is 0.464 e. The van der Waals surface area contributed by atoms with Gasteiger partial charge < -0.3 is 9.73 Å². The zero-order valence-corrected chi connectivity index (χ0v) is 13.5. The molecule has 0 aliphatic rings. The third-order valence-electron chi connectivity index (χ3n) is 3.42. The fourth-order valence-corrected chi connectivity index (χ4v) is 2.64. The first-order chi connectivity index (χ1) is 9.48. The van der Waals surface area contributed by atoms with E-state index in [0.717, 1.165) is 36.8 Å². The van der Waals surface area contributed by atoms with Gasteiger partial charge in [0.15, 0.2) is 0 Å². The molecule has 0 aliphatic carbocycles. The molecule has 2 aromatic rings. The summed E-state index contributed by atoms with van der Waals surface area (Å²) in [4.78, 5) is 0. The highest BCUT2D eigenvalue weighted by molar-refractivity contribution is 6.48. The van der Waals surface area contributed by atoms with Gasteiger partial charge in [-0.15, -0.1) is 23.2 Å². The van der Waals surface area contributed by atoms with Gasteiger partial charge in [0.25, 0.3) is 0 Å². The number of likely N-dealkylation sites (N-methyl/N-ethyl adjacent to an activating group) is 1. The summed E-state index contributed by atoms with van der Waals surface area (Å²) in [5, 5.41) is 4.66. The van der Waals surface area contributed by atoms with Gasteiger partial charge in [-0.05, 0) is 56.5 Å². The summed E-state index contributed by atoms with van der Waals surface area (Å²) in [5.41, 5.74) is 2.23. The highest BCUT2D eigenvalue weighted by atomic mass is 35.5. The van der Waals surface area contributed by atoms with Crippen molar-refractivity contribution >= 4 is 34.2 Å². The van der Waals surface area contributed by atoms with E-state index in [1.54, 1.807) is 6.26 Å². The van der Waals surface area contributed by atoms with Gasteiger partial charge in [0, 0.05) is 11.4 Å². The van der Waals surface area contributed by atoms with Gasteiger partial charge >= 0.3 is 0 Å². The van der Waals surface area contributed by atoms with Crippen LogP contribution in [0.2, 0.25) is 0 Å². The molecule has 1 aromatic heterocycles. The maximum Gasteiger partial charge on any atom is 0.133 e. The van der Waals surface area contributed by atoms with E-state index in [2.05, 4.69) is 24.4 Å². The van der Waals surface area contributed by atoms with Gasteiger partial charge in [0.05, 0.1) is 6.26 Å². The third-order valence-corrected chi connectivity index (χ3v) is 3.80. The second-order valence-electron chi connectivity index (χ2n) is 5.36. The van der Waals surface area contributed by atoms with Gasteiger partial charge in [-0.2, -0.15) is 0 Å². The minimum atomic E-state index is -0.651. The van der Waals surface area contributed by atoms with Crippen molar-refractivity contribution in [3.8, 4) is 0 Å². The van der Waals surface area contributed by atoms with Crippen LogP contribution in [0.25, 0.3) is 11.0 Å². The number of fused-ring (bicyclic) bond motifs is 1. The van der Waals surface area contributed by atoms with Crippen molar-refractivity contribution < 1.29 is 4.42 Å². The quantitative estimate of drug-likeness (QED) is 0.733. The van der Waals surface area contributed by atoms with Crippen LogP contribution in [0.1, 0.15) is 32.3 Å². The molecule has 0 amide bonds. The molecule has 1 N–H and O–H groups in total. The van der Waals surface area contributed by atoms with Crippen molar-refractivity contribution in [2.24, 2.45) is 0 Å². The summed E-state index contributed by atoms with van der Waals surface area (Å²) in [6.45, 7) is 4.91. The standard InChI is InChI=1S/C16H21Cl2NO/c1-3-19-14(6-8-16(2,17)18)11-12-4-5-15-13(10-12)7-9-20-15/h4-5,7,9-10,14,19H,3,6,8,11H2,1-2H3. The maximum atomic E-state index is 6.07. The molecule has 1 atom stereocenters. The van der Waals surface area contributed by atoms with Crippen LogP contribution < -0.4 is 5.32 Å². The molecule has 1 heterocycles. The third kappa shape index (κ3) is 4.69. The zero-order valence-electron chi connectivity index (χ0n) is 12.0. The molecule has 4 heteroatoms. The van der Waals surface area contributed by atoms with Crippen LogP contribution in [0.5, 0.6) is 0 Å². The molecule has 0 fully saturated rings. The summed E-state index contributed by atoms with van der Waals surface area (Å²) in [6.07, 6.45) is 4.43. The first kappa shape index (κ1) is 15.7. The van der Waals surface area contributed by atoms with E-state index in [-0.39, 0.29) is 0 Å². The first-order valence-electron chi connectivity index (χ1n) is 7.05. The predicted molar refractivity (Wildman–Crippen MR) is 86.7 cm³/mol. The number of rotatable bonds is 7. The molecule has 2 nitrogen and oxygen atoms in total. The Morgan fingerprint density at radius 2 is 2.10 bits per heavy atom. The fourth-order valence-electron chi connectivity index (χ4n) is 2.42. The molecule has 1 aromatic carbocycles. The number of alkyl halides is 2. The van der Waals surface area contributed by atoms with Crippen molar-refractivity contribution in [2.75, 3.05) is 6.54 Å². The van der Waals surface area contributed by atoms with E-state index >= 15 is 0 Å². The van der Waals surface area contributed by atoms with Crippen molar-refractivity contribution in [2.45, 2.75) is 43.5 Å². The lowest BCUT2D eigenvalue weighted by molar-refractivity contribution is 0.467.